The van der Waals surface area contributed by atoms with Gasteiger partial charge in [-0.2, -0.15) is 5.26 Å². The van der Waals surface area contributed by atoms with E-state index in [4.69, 9.17) is 6.57 Å². The monoisotopic (exact) mass is 558 g/mol. The fourth-order valence-corrected chi connectivity index (χ4v) is 7.16. The number of nitriles is 1. The highest BCUT2D eigenvalue weighted by Crippen LogP contribution is 2.43. The van der Waals surface area contributed by atoms with Crippen molar-refractivity contribution in [3.05, 3.63) is 150 Å². The molecule has 0 saturated heterocycles. The second kappa shape index (κ2) is 9.07. The molecule has 2 aromatic heterocycles. The Kier molecular flexibility index (Phi) is 5.00. The molecule has 0 atom stereocenters. The molecule has 0 unspecified atom stereocenters. The van der Waals surface area contributed by atoms with Gasteiger partial charge >= 0.3 is 0 Å². The fraction of sp³-hybridized carbons (Fsp3) is 0. The van der Waals surface area contributed by atoms with E-state index in [9.17, 15) is 5.26 Å². The summed E-state index contributed by atoms with van der Waals surface area (Å²) in [4.78, 5) is 3.97. The number of nitrogens with zero attached hydrogens (tertiary/aromatic N) is 4. The van der Waals surface area contributed by atoms with E-state index >= 15 is 0 Å². The van der Waals surface area contributed by atoms with Crippen LogP contribution >= 0.6 is 0 Å². The van der Waals surface area contributed by atoms with Gasteiger partial charge in [0.25, 0.3) is 0 Å². The molecule has 0 saturated carbocycles. The van der Waals surface area contributed by atoms with Gasteiger partial charge in [-0.05, 0) is 51.9 Å². The van der Waals surface area contributed by atoms with E-state index in [2.05, 4.69) is 123 Å². The predicted molar refractivity (Wildman–Crippen MR) is 181 cm³/mol. The zero-order valence-corrected chi connectivity index (χ0v) is 23.5. The Morgan fingerprint density at radius 2 is 1.00 bits per heavy atom. The van der Waals surface area contributed by atoms with Gasteiger partial charge in [-0.15, -0.1) is 0 Å². The van der Waals surface area contributed by atoms with Crippen molar-refractivity contribution in [3.8, 4) is 17.4 Å². The highest BCUT2D eigenvalue weighted by molar-refractivity contribution is 6.23. The van der Waals surface area contributed by atoms with Gasteiger partial charge < -0.3 is 9.13 Å². The van der Waals surface area contributed by atoms with Gasteiger partial charge in [0, 0.05) is 21.5 Å². The number of fused-ring (bicyclic) bond motifs is 10. The van der Waals surface area contributed by atoms with Crippen molar-refractivity contribution in [1.29, 1.82) is 5.26 Å². The Morgan fingerprint density at radius 1 is 0.500 bits per heavy atom. The van der Waals surface area contributed by atoms with Crippen molar-refractivity contribution < 1.29 is 0 Å². The molecule has 9 rings (SSSR count). The van der Waals surface area contributed by atoms with E-state index in [1.165, 1.54) is 10.8 Å². The lowest BCUT2D eigenvalue weighted by Crippen LogP contribution is -2.04. The van der Waals surface area contributed by atoms with Crippen molar-refractivity contribution >= 4 is 70.8 Å². The summed E-state index contributed by atoms with van der Waals surface area (Å²) in [6.07, 6.45) is 0. The van der Waals surface area contributed by atoms with Gasteiger partial charge in [-0.25, -0.2) is 4.85 Å². The molecule has 0 bridgehead atoms. The highest BCUT2D eigenvalue weighted by Gasteiger charge is 2.24. The van der Waals surface area contributed by atoms with E-state index in [1.54, 1.807) is 0 Å². The van der Waals surface area contributed by atoms with Crippen molar-refractivity contribution in [1.82, 2.24) is 9.13 Å². The molecular formula is C40H22N4. The molecule has 0 aliphatic carbocycles. The summed E-state index contributed by atoms with van der Waals surface area (Å²) >= 11 is 0. The van der Waals surface area contributed by atoms with E-state index in [0.29, 0.717) is 16.9 Å². The van der Waals surface area contributed by atoms with Gasteiger partial charge in [-0.3, -0.25) is 0 Å². The highest BCUT2D eigenvalue weighted by atomic mass is 15.0. The molecule has 4 heteroatoms. The standard InChI is InChI=1S/C40H22N4/c1-42-32-20-23-35(43-33-16-8-6-14-29(33)38-27-12-4-2-10-25(27)18-21-36(38)43)31(24-41)40(32)44-34-17-9-7-15-30(34)39-28-13-5-3-11-26(28)19-22-37(39)44/h2-23H. The number of aromatic nitrogens is 2. The first-order valence-corrected chi connectivity index (χ1v) is 14.6. The SMILES string of the molecule is [C-]#[N+]c1ccc(-n2c3ccccc3c3c4ccccc4ccc32)c(C#N)c1-n1c2ccccc2c2c3ccccc3ccc21. The topological polar surface area (TPSA) is 38.0 Å². The molecule has 4 nitrogen and oxygen atoms in total. The number of para-hydroxylation sites is 2. The summed E-state index contributed by atoms with van der Waals surface area (Å²) in [5, 5.41) is 20.1. The quantitative estimate of drug-likeness (QED) is 0.195. The minimum Gasteiger partial charge on any atom is -0.318 e. The van der Waals surface area contributed by atoms with E-state index in [-0.39, 0.29) is 0 Å². The van der Waals surface area contributed by atoms with Crippen LogP contribution in [-0.2, 0) is 0 Å². The Morgan fingerprint density at radius 3 is 1.57 bits per heavy atom. The molecule has 0 amide bonds. The molecule has 0 aliphatic rings. The minimum atomic E-state index is 0.437. The van der Waals surface area contributed by atoms with Crippen molar-refractivity contribution in [3.63, 3.8) is 0 Å². The van der Waals surface area contributed by atoms with Crippen LogP contribution in [0, 0.1) is 17.9 Å². The van der Waals surface area contributed by atoms with Crippen LogP contribution in [0.5, 0.6) is 0 Å². The van der Waals surface area contributed by atoms with Gasteiger partial charge in [0.15, 0.2) is 0 Å². The molecular weight excluding hydrogens is 536 g/mol. The van der Waals surface area contributed by atoms with Gasteiger partial charge in [-0.1, -0.05) is 103 Å². The van der Waals surface area contributed by atoms with Crippen LogP contribution in [0.1, 0.15) is 5.56 Å². The van der Waals surface area contributed by atoms with Crippen molar-refractivity contribution in [2.75, 3.05) is 0 Å². The van der Waals surface area contributed by atoms with E-state index in [0.717, 1.165) is 60.1 Å². The summed E-state index contributed by atoms with van der Waals surface area (Å²) < 4.78 is 4.31. The van der Waals surface area contributed by atoms with Crippen LogP contribution in [-0.4, -0.2) is 9.13 Å². The number of hydrogen-bond donors (Lipinski definition) is 0. The molecule has 7 aromatic carbocycles. The summed E-state index contributed by atoms with van der Waals surface area (Å²) in [6, 6.07) is 48.4. The molecule has 2 heterocycles. The van der Waals surface area contributed by atoms with Crippen LogP contribution in [0.3, 0.4) is 0 Å². The molecule has 44 heavy (non-hydrogen) atoms. The molecule has 0 N–H and O–H groups in total. The molecule has 0 aliphatic heterocycles. The van der Waals surface area contributed by atoms with Crippen LogP contribution in [0.25, 0.3) is 81.4 Å². The Hall–Kier alpha value is -6.36. The Labute approximate surface area is 252 Å². The summed E-state index contributed by atoms with van der Waals surface area (Å²) in [5.41, 5.74) is 6.23. The molecule has 0 fully saturated rings. The second-order valence-corrected chi connectivity index (χ2v) is 11.1. The third-order valence-electron chi connectivity index (χ3n) is 8.96. The van der Waals surface area contributed by atoms with Crippen molar-refractivity contribution in [2.24, 2.45) is 0 Å². The molecule has 202 valence electrons. The lowest BCUT2D eigenvalue weighted by atomic mass is 10.0. The molecule has 0 spiro atoms. The van der Waals surface area contributed by atoms with Crippen LogP contribution in [0.2, 0.25) is 0 Å². The minimum absolute atomic E-state index is 0.437. The van der Waals surface area contributed by atoms with Crippen LogP contribution < -0.4 is 0 Å². The van der Waals surface area contributed by atoms with E-state index < -0.39 is 0 Å². The van der Waals surface area contributed by atoms with Gasteiger partial charge in [0.2, 0.25) is 5.69 Å². The average molecular weight is 559 g/mol. The number of hydrogen-bond acceptors (Lipinski definition) is 1. The summed E-state index contributed by atoms with van der Waals surface area (Å²) in [7, 11) is 0. The predicted octanol–water partition coefficient (Wildman–Crippen LogP) is 10.6. The third kappa shape index (κ3) is 3.14. The van der Waals surface area contributed by atoms with Crippen LogP contribution in [0.4, 0.5) is 5.69 Å². The smallest absolute Gasteiger partial charge is 0.212 e. The zero-order chi connectivity index (χ0) is 29.4. The summed E-state index contributed by atoms with van der Waals surface area (Å²) in [6.45, 7) is 8.20. The number of benzene rings is 7. The fourth-order valence-electron chi connectivity index (χ4n) is 7.16. The largest absolute Gasteiger partial charge is 0.318 e. The van der Waals surface area contributed by atoms with Gasteiger partial charge in [0.05, 0.1) is 45.6 Å². The lowest BCUT2D eigenvalue weighted by Gasteiger charge is -2.17. The maximum absolute atomic E-state index is 11.0. The van der Waals surface area contributed by atoms with Crippen molar-refractivity contribution in [2.45, 2.75) is 0 Å². The second-order valence-electron chi connectivity index (χ2n) is 11.1. The first-order chi connectivity index (χ1) is 21.8. The zero-order valence-electron chi connectivity index (χ0n) is 23.5. The Balaban J connectivity index is 1.46. The van der Waals surface area contributed by atoms with Crippen LogP contribution in [0.15, 0.2) is 133 Å². The maximum Gasteiger partial charge on any atom is 0.212 e. The van der Waals surface area contributed by atoms with E-state index in [1.807, 2.05) is 30.3 Å². The maximum atomic E-state index is 11.0. The van der Waals surface area contributed by atoms with Gasteiger partial charge in [0.1, 0.15) is 6.07 Å². The first-order valence-electron chi connectivity index (χ1n) is 14.6. The molecule has 9 aromatic rings. The Bertz CT molecular complexity index is 2740. The summed E-state index contributed by atoms with van der Waals surface area (Å²) in [5.74, 6) is 0. The average Bonchev–Trinajstić information content (AvgIpc) is 3.61. The lowest BCUT2D eigenvalue weighted by molar-refractivity contribution is 1.12. The molecule has 0 radical (unpaired) electrons. The third-order valence-corrected chi connectivity index (χ3v) is 8.96. The first kappa shape index (κ1) is 24.3. The number of rotatable bonds is 2. The normalized spacial score (nSPS) is 11.6.